The van der Waals surface area contributed by atoms with Crippen LogP contribution < -0.4 is 26.2 Å². The van der Waals surface area contributed by atoms with Crippen LogP contribution in [0, 0.1) is 6.92 Å². The van der Waals surface area contributed by atoms with Gasteiger partial charge in [0.15, 0.2) is 11.4 Å². The van der Waals surface area contributed by atoms with Gasteiger partial charge in [-0.1, -0.05) is 12.1 Å². The fourth-order valence-corrected chi connectivity index (χ4v) is 7.50. The first-order chi connectivity index (χ1) is 26.7. The molecule has 0 fully saturated rings. The van der Waals surface area contributed by atoms with Crippen LogP contribution in [0.3, 0.4) is 0 Å². The van der Waals surface area contributed by atoms with Crippen molar-refractivity contribution in [3.63, 3.8) is 0 Å². The van der Waals surface area contributed by atoms with Crippen molar-refractivity contribution in [1.29, 1.82) is 0 Å². The van der Waals surface area contributed by atoms with Gasteiger partial charge in [0.1, 0.15) is 15.6 Å². The van der Waals surface area contributed by atoms with Crippen molar-refractivity contribution < 1.29 is 58.0 Å². The van der Waals surface area contributed by atoms with Gasteiger partial charge in [-0.05, 0) is 102 Å². The van der Waals surface area contributed by atoms with E-state index in [0.717, 1.165) is 24.3 Å². The van der Waals surface area contributed by atoms with Crippen LogP contribution in [0.2, 0.25) is 0 Å². The second-order valence-corrected chi connectivity index (χ2v) is 16.3. The number of carbonyl (C=O) groups excluding carboxylic acids is 3. The van der Waals surface area contributed by atoms with Crippen molar-refractivity contribution in [3.05, 3.63) is 116 Å². The van der Waals surface area contributed by atoms with E-state index in [1.165, 1.54) is 56.5 Å². The number of hydrazone groups is 2. The SMILES string of the molecule is COc1ccccc1N/N=C1\C(=O)c2ccc(NC(=O)Nc3ccc4c(c3)C=C(S(=O)(=O)O)/C(=N\Nc3ccc(S(=O)(=O)O)cc3C)C4=O)cc2C=C1S(=O)(=O)O. The van der Waals surface area contributed by atoms with Crippen molar-refractivity contribution in [3.8, 4) is 5.75 Å². The number of hydrogen-bond acceptors (Lipinski definition) is 14. The minimum Gasteiger partial charge on any atom is -0.495 e. The Hall–Kier alpha value is -6.56. The summed E-state index contributed by atoms with van der Waals surface area (Å²) in [6.07, 6.45) is 1.96. The minimum absolute atomic E-state index is 0.00184. The Morgan fingerprint density at radius 1 is 0.632 bits per heavy atom. The summed E-state index contributed by atoms with van der Waals surface area (Å²) >= 11 is 0. The maximum absolute atomic E-state index is 13.4. The Labute approximate surface area is 324 Å². The summed E-state index contributed by atoms with van der Waals surface area (Å²) in [4.78, 5) is 37.7. The highest BCUT2D eigenvalue weighted by molar-refractivity contribution is 7.91. The van der Waals surface area contributed by atoms with Crippen LogP contribution in [0.25, 0.3) is 12.2 Å². The molecule has 7 N–H and O–H groups in total. The van der Waals surface area contributed by atoms with Crippen LogP contribution in [0.5, 0.6) is 5.75 Å². The number of allylic oxidation sites excluding steroid dienone is 2. The first-order valence-electron chi connectivity index (χ1n) is 16.0. The molecule has 0 saturated carbocycles. The van der Waals surface area contributed by atoms with Gasteiger partial charge in [0.05, 0.1) is 23.4 Å². The Balaban J connectivity index is 1.22. The summed E-state index contributed by atoms with van der Waals surface area (Å²) in [7, 11) is -13.2. The van der Waals surface area contributed by atoms with E-state index in [1.54, 1.807) is 24.3 Å². The van der Waals surface area contributed by atoms with Crippen LogP contribution >= 0.6 is 0 Å². The summed E-state index contributed by atoms with van der Waals surface area (Å²) in [5.41, 5.74) is 4.51. The molecule has 0 aromatic heterocycles. The molecule has 22 heteroatoms. The number of amides is 2. The van der Waals surface area contributed by atoms with E-state index >= 15 is 0 Å². The fourth-order valence-electron chi connectivity index (χ4n) is 5.62. The second-order valence-electron chi connectivity index (χ2n) is 12.1. The number of para-hydroxylation sites is 2. The average Bonchev–Trinajstić information content (AvgIpc) is 3.13. The second kappa shape index (κ2) is 15.2. The number of fused-ring (bicyclic) bond motifs is 2. The van der Waals surface area contributed by atoms with Crippen molar-refractivity contribution in [2.24, 2.45) is 10.2 Å². The normalized spacial score (nSPS) is 15.6. The fraction of sp³-hybridized carbons (Fsp3) is 0.0571. The monoisotopic (exact) mass is 836 g/mol. The lowest BCUT2D eigenvalue weighted by molar-refractivity contribution is 0.105. The first kappa shape index (κ1) is 40.1. The zero-order valence-electron chi connectivity index (χ0n) is 29.2. The number of hydrogen-bond donors (Lipinski definition) is 7. The Morgan fingerprint density at radius 2 is 1.12 bits per heavy atom. The van der Waals surface area contributed by atoms with E-state index in [-0.39, 0.29) is 44.9 Å². The van der Waals surface area contributed by atoms with Gasteiger partial charge in [0, 0.05) is 22.5 Å². The molecule has 0 atom stereocenters. The number of ketones is 2. The van der Waals surface area contributed by atoms with E-state index in [2.05, 4.69) is 31.7 Å². The topological polar surface area (TPSA) is 296 Å². The molecule has 0 bridgehead atoms. The standard InChI is InChI=1S/C35H28N6O13S3/c1-18-13-23(55(45,46)47)9-12-26(18)38-40-31-29(56(48,49)50)16-19-14-21(7-10-24(19)33(31)42)36-35(44)37-22-8-11-25-20(15-22)17-30(57(51,52)53)32(34(25)43)41-39-27-5-3-4-6-28(27)54-2/h3-17,38-39H,1-2H3,(H2,36,37,44)(H,45,46,47)(H,48,49,50)(H,51,52,53)/b40-31+,41-32-. The summed E-state index contributed by atoms with van der Waals surface area (Å²) in [5.74, 6) is -1.44. The molecule has 294 valence electrons. The zero-order valence-corrected chi connectivity index (χ0v) is 31.7. The quantitative estimate of drug-likeness (QED) is 0.0843. The number of nitrogens with zero attached hydrogens (tertiary/aromatic N) is 2. The molecule has 6 rings (SSSR count). The third-order valence-corrected chi connectivity index (χ3v) is 10.9. The Morgan fingerprint density at radius 3 is 1.58 bits per heavy atom. The number of urea groups is 1. The van der Waals surface area contributed by atoms with Gasteiger partial charge < -0.3 is 15.4 Å². The molecular weight excluding hydrogens is 809 g/mol. The number of rotatable bonds is 10. The molecule has 0 radical (unpaired) electrons. The molecule has 4 aromatic rings. The highest BCUT2D eigenvalue weighted by atomic mass is 32.2. The number of carbonyl (C=O) groups is 3. The van der Waals surface area contributed by atoms with Crippen LogP contribution in [-0.4, -0.2) is 75.0 Å². The first-order valence-corrected chi connectivity index (χ1v) is 20.3. The molecule has 19 nitrogen and oxygen atoms in total. The van der Waals surface area contributed by atoms with Crippen LogP contribution in [0.4, 0.5) is 27.5 Å². The molecule has 2 aliphatic carbocycles. The molecule has 2 amide bonds. The summed E-state index contributed by atoms with van der Waals surface area (Å²) in [5, 5.41) is 12.8. The van der Waals surface area contributed by atoms with Crippen LogP contribution in [0.1, 0.15) is 37.4 Å². The summed E-state index contributed by atoms with van der Waals surface area (Å²) in [6, 6.07) is 16.8. The van der Waals surface area contributed by atoms with Gasteiger partial charge in [0.2, 0.25) is 11.6 Å². The molecule has 0 unspecified atom stereocenters. The van der Waals surface area contributed by atoms with E-state index in [9.17, 15) is 53.3 Å². The lowest BCUT2D eigenvalue weighted by Crippen LogP contribution is -2.27. The van der Waals surface area contributed by atoms with Crippen molar-refractivity contribution in [1.82, 2.24) is 0 Å². The van der Waals surface area contributed by atoms with E-state index in [0.29, 0.717) is 11.4 Å². The molecule has 2 aliphatic rings. The highest BCUT2D eigenvalue weighted by Crippen LogP contribution is 2.31. The molecule has 57 heavy (non-hydrogen) atoms. The predicted octanol–water partition coefficient (Wildman–Crippen LogP) is 4.68. The van der Waals surface area contributed by atoms with E-state index in [1.807, 2.05) is 0 Å². The van der Waals surface area contributed by atoms with Crippen molar-refractivity contribution >= 4 is 94.3 Å². The number of anilines is 4. The van der Waals surface area contributed by atoms with Crippen LogP contribution in [-0.2, 0) is 30.4 Å². The lowest BCUT2D eigenvalue weighted by atomic mass is 9.94. The molecule has 4 aromatic carbocycles. The third kappa shape index (κ3) is 8.65. The van der Waals surface area contributed by atoms with Gasteiger partial charge in [-0.3, -0.25) is 34.1 Å². The minimum atomic E-state index is -5.06. The van der Waals surface area contributed by atoms with Crippen LogP contribution in [0.15, 0.2) is 104 Å². The third-order valence-electron chi connectivity index (χ3n) is 8.31. The molecule has 0 spiro atoms. The van der Waals surface area contributed by atoms with Gasteiger partial charge in [-0.2, -0.15) is 35.5 Å². The number of Topliss-reactive ketones (excluding diaryl/α,β-unsaturated/α-hetero) is 2. The zero-order chi connectivity index (χ0) is 41.4. The molecular formula is C35H28N6O13S3. The van der Waals surface area contributed by atoms with E-state index in [4.69, 9.17) is 4.74 Å². The van der Waals surface area contributed by atoms with Gasteiger partial charge >= 0.3 is 6.03 Å². The lowest BCUT2D eigenvalue weighted by Gasteiger charge is -2.18. The Kier molecular flexibility index (Phi) is 10.7. The smallest absolute Gasteiger partial charge is 0.323 e. The summed E-state index contributed by atoms with van der Waals surface area (Å²) < 4.78 is 107. The van der Waals surface area contributed by atoms with Crippen molar-refractivity contribution in [2.75, 3.05) is 28.6 Å². The molecule has 0 saturated heterocycles. The highest BCUT2D eigenvalue weighted by Gasteiger charge is 2.34. The number of aryl methyl sites for hydroxylation is 1. The number of benzene rings is 4. The maximum Gasteiger partial charge on any atom is 0.323 e. The van der Waals surface area contributed by atoms with Gasteiger partial charge in [-0.25, -0.2) is 4.79 Å². The van der Waals surface area contributed by atoms with Gasteiger partial charge in [0.25, 0.3) is 30.4 Å². The maximum atomic E-state index is 13.4. The van der Waals surface area contributed by atoms with Gasteiger partial charge in [-0.15, -0.1) is 0 Å². The average molecular weight is 837 g/mol. The van der Waals surface area contributed by atoms with Crippen molar-refractivity contribution in [2.45, 2.75) is 11.8 Å². The van der Waals surface area contributed by atoms with E-state index < -0.39 is 74.1 Å². The summed E-state index contributed by atoms with van der Waals surface area (Å²) in [6.45, 7) is 1.46. The predicted molar refractivity (Wildman–Crippen MR) is 209 cm³/mol. The number of nitrogens with one attached hydrogen (secondary N) is 4. The number of ether oxygens (including phenoxy) is 1. The molecule has 0 aliphatic heterocycles. The largest absolute Gasteiger partial charge is 0.495 e. The Bertz CT molecular complexity index is 2890. The molecule has 0 heterocycles. The number of methoxy groups -OCH3 is 1.